The van der Waals surface area contributed by atoms with E-state index in [1.54, 1.807) is 29.2 Å². The van der Waals surface area contributed by atoms with Crippen LogP contribution in [-0.4, -0.2) is 66.1 Å². The van der Waals surface area contributed by atoms with Crippen molar-refractivity contribution >= 4 is 22.0 Å². The monoisotopic (exact) mass is 723 g/mol. The van der Waals surface area contributed by atoms with Crippen LogP contribution in [0, 0.1) is 35.5 Å². The van der Waals surface area contributed by atoms with E-state index in [9.17, 15) is 18.0 Å². The summed E-state index contributed by atoms with van der Waals surface area (Å²) in [7, 11) is -3.82. The lowest BCUT2D eigenvalue weighted by atomic mass is 9.69. The molecule has 2 unspecified atom stereocenters. The third-order valence-electron chi connectivity index (χ3n) is 12.5. The van der Waals surface area contributed by atoms with Gasteiger partial charge < -0.3 is 18.8 Å². The van der Waals surface area contributed by atoms with Crippen molar-refractivity contribution in [1.29, 1.82) is 0 Å². The van der Waals surface area contributed by atoms with E-state index >= 15 is 0 Å². The van der Waals surface area contributed by atoms with Gasteiger partial charge in [-0.1, -0.05) is 62.4 Å². The van der Waals surface area contributed by atoms with Crippen molar-refractivity contribution in [2.45, 2.75) is 58.9 Å². The predicted octanol–water partition coefficient (Wildman–Crippen LogP) is 6.93. The van der Waals surface area contributed by atoms with Gasteiger partial charge in [0, 0.05) is 30.5 Å². The maximum Gasteiger partial charge on any atom is 0.415 e. The molecule has 1 spiro atoms. The summed E-state index contributed by atoms with van der Waals surface area (Å²) in [6.07, 6.45) is 2.99. The Bertz CT molecular complexity index is 2080. The van der Waals surface area contributed by atoms with E-state index in [1.807, 2.05) is 67.6 Å². The first-order chi connectivity index (χ1) is 24.9. The SMILES string of the molecule is Cc1oc(-c2ccccc2)nc1CCOc1cccc(C[C@@H]2CN(C(=O)Oc3ccccc3)C[C@H]2C(=O)N2C3CC4CC[C@]3(CS2(=O)=O)C4(C)C)c1. The standard InChI is InChI=1S/C41H45N3O7S/c1-27-35(42-37(50-27)29-12-6-4-7-13-29)18-20-49-33-16-10-11-28(22-33)21-30-24-43(39(46)51-32-14-8-5-9-15-32)25-34(30)38(45)44-36-23-31-17-19-41(36,40(31,2)3)26-52(44,47)48/h4-16,22,30-31,34,36H,17-21,23-26H2,1-3H3/t30-,31?,34-,36?,41-/m1/s1. The molecule has 1 aromatic heterocycles. The molecule has 2 bridgehead atoms. The van der Waals surface area contributed by atoms with Crippen LogP contribution in [0.1, 0.15) is 50.1 Å². The van der Waals surface area contributed by atoms with Gasteiger partial charge in [-0.15, -0.1) is 0 Å². The number of aromatic nitrogens is 1. The van der Waals surface area contributed by atoms with Gasteiger partial charge in [0.05, 0.1) is 30.0 Å². The number of carbonyl (C=O) groups excluding carboxylic acids is 2. The number of aryl methyl sites for hydroxylation is 1. The minimum Gasteiger partial charge on any atom is -0.493 e. The van der Waals surface area contributed by atoms with Crippen molar-refractivity contribution in [3.05, 3.63) is 102 Å². The van der Waals surface area contributed by atoms with E-state index in [1.165, 1.54) is 4.31 Å². The van der Waals surface area contributed by atoms with E-state index in [0.29, 0.717) is 49.2 Å². The number of para-hydroxylation sites is 1. The van der Waals surface area contributed by atoms with Gasteiger partial charge in [0.1, 0.15) is 17.3 Å². The van der Waals surface area contributed by atoms with Crippen molar-refractivity contribution in [3.8, 4) is 23.0 Å². The molecule has 3 heterocycles. The third kappa shape index (κ3) is 5.96. The Hall–Kier alpha value is -4.64. The smallest absolute Gasteiger partial charge is 0.415 e. The van der Waals surface area contributed by atoms with Crippen LogP contribution in [0.5, 0.6) is 11.5 Å². The molecule has 2 aliphatic heterocycles. The van der Waals surface area contributed by atoms with Crippen LogP contribution in [0.15, 0.2) is 89.3 Å². The zero-order valence-electron chi connectivity index (χ0n) is 29.9. The Kier molecular flexibility index (Phi) is 8.67. The molecule has 3 aromatic carbocycles. The van der Waals surface area contributed by atoms with Crippen molar-refractivity contribution in [2.24, 2.45) is 28.6 Å². The molecule has 0 N–H and O–H groups in total. The van der Waals surface area contributed by atoms with Crippen LogP contribution in [0.4, 0.5) is 4.79 Å². The van der Waals surface area contributed by atoms with Gasteiger partial charge in [0.15, 0.2) is 0 Å². The van der Waals surface area contributed by atoms with E-state index in [-0.39, 0.29) is 36.2 Å². The van der Waals surface area contributed by atoms with Gasteiger partial charge in [0.25, 0.3) is 0 Å². The third-order valence-corrected chi connectivity index (χ3v) is 14.4. The number of hydrogen-bond donors (Lipinski definition) is 0. The molecule has 11 heteroatoms. The number of nitrogens with zero attached hydrogens (tertiary/aromatic N) is 3. The number of rotatable bonds is 9. The predicted molar refractivity (Wildman–Crippen MR) is 195 cm³/mol. The Labute approximate surface area is 305 Å². The fourth-order valence-corrected chi connectivity index (χ4v) is 12.2. The molecule has 52 heavy (non-hydrogen) atoms. The molecule has 0 radical (unpaired) electrons. The van der Waals surface area contributed by atoms with Crippen molar-refractivity contribution in [3.63, 3.8) is 0 Å². The molecule has 2 amide bonds. The van der Waals surface area contributed by atoms with E-state index in [4.69, 9.17) is 13.9 Å². The second kappa shape index (κ2) is 13.1. The van der Waals surface area contributed by atoms with Gasteiger partial charge in [0.2, 0.25) is 21.8 Å². The normalized spacial score (nSPS) is 26.8. The van der Waals surface area contributed by atoms with Crippen LogP contribution in [0.3, 0.4) is 0 Å². The molecule has 4 fully saturated rings. The van der Waals surface area contributed by atoms with Crippen molar-refractivity contribution < 1.29 is 31.9 Å². The van der Waals surface area contributed by atoms with Gasteiger partial charge in [-0.3, -0.25) is 4.79 Å². The highest BCUT2D eigenvalue weighted by atomic mass is 32.2. The molecule has 10 nitrogen and oxygen atoms in total. The highest BCUT2D eigenvalue weighted by Crippen LogP contribution is 2.70. The van der Waals surface area contributed by atoms with Gasteiger partial charge in [-0.05, 0) is 91.8 Å². The first-order valence-electron chi connectivity index (χ1n) is 18.3. The van der Waals surface area contributed by atoms with Crippen LogP contribution in [-0.2, 0) is 27.7 Å². The number of sulfonamides is 1. The maximum absolute atomic E-state index is 14.6. The fourth-order valence-electron chi connectivity index (χ4n) is 9.60. The Balaban J connectivity index is 0.995. The number of likely N-dealkylation sites (tertiary alicyclic amines) is 1. The Morgan fingerprint density at radius 3 is 2.44 bits per heavy atom. The van der Waals surface area contributed by atoms with Gasteiger partial charge >= 0.3 is 6.09 Å². The number of benzene rings is 3. The van der Waals surface area contributed by atoms with E-state index < -0.39 is 33.4 Å². The topological polar surface area (TPSA) is 119 Å². The second-order valence-electron chi connectivity index (χ2n) is 15.5. The molecule has 4 aromatic rings. The zero-order valence-corrected chi connectivity index (χ0v) is 30.7. The highest BCUT2D eigenvalue weighted by molar-refractivity contribution is 7.90. The summed E-state index contributed by atoms with van der Waals surface area (Å²) < 4.78 is 46.8. The molecule has 272 valence electrons. The number of hydrogen-bond acceptors (Lipinski definition) is 8. The number of amides is 2. The molecule has 5 atom stereocenters. The van der Waals surface area contributed by atoms with Crippen LogP contribution >= 0.6 is 0 Å². The van der Waals surface area contributed by atoms with Crippen LogP contribution in [0.25, 0.3) is 11.5 Å². The minimum absolute atomic E-state index is 0.0118. The number of carbonyl (C=O) groups is 2. The molecule has 2 saturated carbocycles. The lowest BCUT2D eigenvalue weighted by Crippen LogP contribution is -2.48. The average Bonchev–Trinajstić information content (AvgIpc) is 3.88. The Morgan fingerprint density at radius 2 is 1.69 bits per heavy atom. The van der Waals surface area contributed by atoms with Crippen LogP contribution in [0.2, 0.25) is 0 Å². The van der Waals surface area contributed by atoms with E-state index in [2.05, 4.69) is 18.8 Å². The molecular formula is C41H45N3O7S. The quantitative estimate of drug-likeness (QED) is 0.183. The maximum atomic E-state index is 14.6. The minimum atomic E-state index is -3.82. The van der Waals surface area contributed by atoms with E-state index in [0.717, 1.165) is 35.4 Å². The summed E-state index contributed by atoms with van der Waals surface area (Å²) in [5, 5.41) is 0. The second-order valence-corrected chi connectivity index (χ2v) is 17.4. The first kappa shape index (κ1) is 34.4. The Morgan fingerprint density at radius 1 is 0.962 bits per heavy atom. The summed E-state index contributed by atoms with van der Waals surface area (Å²) in [4.78, 5) is 34.3. The zero-order chi connectivity index (χ0) is 36.3. The van der Waals surface area contributed by atoms with Gasteiger partial charge in [-0.2, -0.15) is 0 Å². The fraction of sp³-hybridized carbons (Fsp3) is 0.439. The highest BCUT2D eigenvalue weighted by Gasteiger charge is 2.72. The number of fused-ring (bicyclic) bond motifs is 1. The number of oxazole rings is 1. The number of ether oxygens (including phenoxy) is 2. The molecule has 2 saturated heterocycles. The van der Waals surface area contributed by atoms with Gasteiger partial charge in [-0.25, -0.2) is 22.5 Å². The summed E-state index contributed by atoms with van der Waals surface area (Å²) in [6.45, 7) is 7.00. The summed E-state index contributed by atoms with van der Waals surface area (Å²) >= 11 is 0. The largest absolute Gasteiger partial charge is 0.493 e. The lowest BCUT2D eigenvalue weighted by Gasteiger charge is -2.37. The summed E-state index contributed by atoms with van der Waals surface area (Å²) in [5.41, 5.74) is 2.11. The summed E-state index contributed by atoms with van der Waals surface area (Å²) in [6, 6.07) is 26.0. The lowest BCUT2D eigenvalue weighted by molar-refractivity contribution is -0.134. The average molecular weight is 724 g/mol. The molecule has 8 rings (SSSR count). The molecule has 4 aliphatic rings. The summed E-state index contributed by atoms with van der Waals surface area (Å²) in [5.74, 6) is 1.41. The molecule has 2 aliphatic carbocycles. The van der Waals surface area contributed by atoms with Crippen molar-refractivity contribution in [1.82, 2.24) is 14.2 Å². The van der Waals surface area contributed by atoms with Crippen LogP contribution < -0.4 is 9.47 Å². The first-order valence-corrected chi connectivity index (χ1v) is 19.9. The van der Waals surface area contributed by atoms with Crippen molar-refractivity contribution in [2.75, 3.05) is 25.4 Å². The molecular weight excluding hydrogens is 679 g/mol.